The SMILES string of the molecule is COCC1(C(=O)O)CCCN1C(=O)c1cncc(F)c1. The number of aromatic nitrogens is 1. The first-order valence-corrected chi connectivity index (χ1v) is 6.16. The number of hydrogen-bond acceptors (Lipinski definition) is 4. The Morgan fingerprint density at radius 1 is 1.55 bits per heavy atom. The third-order valence-corrected chi connectivity index (χ3v) is 3.47. The van der Waals surface area contributed by atoms with Crippen LogP contribution in [0.2, 0.25) is 0 Å². The Morgan fingerprint density at radius 3 is 2.90 bits per heavy atom. The van der Waals surface area contributed by atoms with Crippen molar-refractivity contribution >= 4 is 11.9 Å². The topological polar surface area (TPSA) is 79.7 Å². The van der Waals surface area contributed by atoms with Crippen LogP contribution in [0.3, 0.4) is 0 Å². The molecule has 1 saturated heterocycles. The molecule has 2 heterocycles. The Bertz CT molecular complexity index is 537. The number of nitrogens with zero attached hydrogens (tertiary/aromatic N) is 2. The lowest BCUT2D eigenvalue weighted by Gasteiger charge is -2.34. The van der Waals surface area contributed by atoms with Crippen molar-refractivity contribution in [2.75, 3.05) is 20.3 Å². The van der Waals surface area contributed by atoms with Gasteiger partial charge in [-0.05, 0) is 18.9 Å². The van der Waals surface area contributed by atoms with E-state index in [4.69, 9.17) is 4.74 Å². The number of pyridine rings is 1. The maximum Gasteiger partial charge on any atom is 0.332 e. The van der Waals surface area contributed by atoms with Gasteiger partial charge in [-0.1, -0.05) is 0 Å². The summed E-state index contributed by atoms with van der Waals surface area (Å²) in [5, 5.41) is 9.45. The Kier molecular flexibility index (Phi) is 3.99. The van der Waals surface area contributed by atoms with Crippen LogP contribution in [0.25, 0.3) is 0 Å². The van der Waals surface area contributed by atoms with Crippen molar-refractivity contribution < 1.29 is 23.8 Å². The van der Waals surface area contributed by atoms with Crippen LogP contribution in [0.5, 0.6) is 0 Å². The van der Waals surface area contributed by atoms with E-state index < -0.39 is 23.2 Å². The number of aliphatic carboxylic acids is 1. The minimum atomic E-state index is -1.39. The molecule has 1 fully saturated rings. The number of hydrogen-bond donors (Lipinski definition) is 1. The molecule has 108 valence electrons. The molecule has 2 rings (SSSR count). The molecule has 1 atom stereocenters. The third kappa shape index (κ3) is 2.36. The van der Waals surface area contributed by atoms with Gasteiger partial charge in [0.25, 0.3) is 5.91 Å². The fraction of sp³-hybridized carbons (Fsp3) is 0.462. The van der Waals surface area contributed by atoms with Gasteiger partial charge in [-0.15, -0.1) is 0 Å². The van der Waals surface area contributed by atoms with Crippen LogP contribution in [0.15, 0.2) is 18.5 Å². The van der Waals surface area contributed by atoms with Crippen molar-refractivity contribution in [3.05, 3.63) is 29.8 Å². The number of likely N-dealkylation sites (tertiary alicyclic amines) is 1. The summed E-state index contributed by atoms with van der Waals surface area (Å²) in [5.41, 5.74) is -1.35. The van der Waals surface area contributed by atoms with E-state index in [0.29, 0.717) is 19.4 Å². The number of carbonyl (C=O) groups excluding carboxylic acids is 1. The number of carbonyl (C=O) groups is 2. The highest BCUT2D eigenvalue weighted by atomic mass is 19.1. The lowest BCUT2D eigenvalue weighted by Crippen LogP contribution is -2.56. The van der Waals surface area contributed by atoms with E-state index in [2.05, 4.69) is 4.98 Å². The summed E-state index contributed by atoms with van der Waals surface area (Å²) < 4.78 is 18.1. The van der Waals surface area contributed by atoms with E-state index in [9.17, 15) is 19.1 Å². The van der Waals surface area contributed by atoms with E-state index in [-0.39, 0.29) is 12.2 Å². The molecule has 1 aliphatic heterocycles. The fourth-order valence-electron chi connectivity index (χ4n) is 2.53. The van der Waals surface area contributed by atoms with E-state index in [1.165, 1.54) is 18.2 Å². The third-order valence-electron chi connectivity index (χ3n) is 3.47. The Labute approximate surface area is 115 Å². The predicted molar refractivity (Wildman–Crippen MR) is 66.7 cm³/mol. The molecular formula is C13H15FN2O4. The van der Waals surface area contributed by atoms with Gasteiger partial charge in [-0.3, -0.25) is 9.78 Å². The zero-order valence-corrected chi connectivity index (χ0v) is 11.0. The number of amides is 1. The first-order chi connectivity index (χ1) is 9.51. The molecule has 1 unspecified atom stereocenters. The molecular weight excluding hydrogens is 267 g/mol. The molecule has 0 aromatic carbocycles. The average molecular weight is 282 g/mol. The first-order valence-electron chi connectivity index (χ1n) is 6.16. The van der Waals surface area contributed by atoms with Crippen molar-refractivity contribution in [2.24, 2.45) is 0 Å². The molecule has 6 nitrogen and oxygen atoms in total. The lowest BCUT2D eigenvalue weighted by atomic mass is 9.97. The highest BCUT2D eigenvalue weighted by Gasteiger charge is 2.50. The maximum atomic E-state index is 13.1. The summed E-state index contributed by atoms with van der Waals surface area (Å²) >= 11 is 0. The van der Waals surface area contributed by atoms with Crippen LogP contribution in [-0.2, 0) is 9.53 Å². The summed E-state index contributed by atoms with van der Waals surface area (Å²) in [6.07, 6.45) is 3.08. The van der Waals surface area contributed by atoms with Gasteiger partial charge in [-0.25, -0.2) is 9.18 Å². The molecule has 1 aliphatic rings. The van der Waals surface area contributed by atoms with Gasteiger partial charge in [0.2, 0.25) is 0 Å². The molecule has 7 heteroatoms. The van der Waals surface area contributed by atoms with Crippen LogP contribution in [0, 0.1) is 5.82 Å². The normalized spacial score (nSPS) is 22.0. The molecule has 0 bridgehead atoms. The summed E-state index contributed by atoms with van der Waals surface area (Å²) in [6, 6.07) is 1.05. The molecule has 0 spiro atoms. The predicted octanol–water partition coefficient (Wildman–Crippen LogP) is 0.926. The first kappa shape index (κ1) is 14.4. The molecule has 1 aromatic heterocycles. The van der Waals surface area contributed by atoms with E-state index in [0.717, 1.165) is 12.3 Å². The Hall–Kier alpha value is -2.02. The van der Waals surface area contributed by atoms with Crippen LogP contribution in [-0.4, -0.2) is 52.7 Å². The maximum absolute atomic E-state index is 13.1. The van der Waals surface area contributed by atoms with Gasteiger partial charge < -0.3 is 14.7 Å². The minimum absolute atomic E-state index is 0.0358. The van der Waals surface area contributed by atoms with Crippen molar-refractivity contribution in [3.8, 4) is 0 Å². The monoisotopic (exact) mass is 282 g/mol. The van der Waals surface area contributed by atoms with E-state index >= 15 is 0 Å². The summed E-state index contributed by atoms with van der Waals surface area (Å²) in [7, 11) is 1.38. The minimum Gasteiger partial charge on any atom is -0.479 e. The molecule has 0 saturated carbocycles. The molecule has 20 heavy (non-hydrogen) atoms. The van der Waals surface area contributed by atoms with Crippen LogP contribution in [0.1, 0.15) is 23.2 Å². The second-order valence-electron chi connectivity index (χ2n) is 4.72. The number of carboxylic acids is 1. The van der Waals surface area contributed by atoms with Crippen LogP contribution in [0.4, 0.5) is 4.39 Å². The van der Waals surface area contributed by atoms with Crippen molar-refractivity contribution in [3.63, 3.8) is 0 Å². The van der Waals surface area contributed by atoms with E-state index in [1.807, 2.05) is 0 Å². The molecule has 0 aliphatic carbocycles. The largest absolute Gasteiger partial charge is 0.479 e. The molecule has 0 radical (unpaired) electrons. The number of halogens is 1. The molecule has 1 aromatic rings. The van der Waals surface area contributed by atoms with Gasteiger partial charge in [0.15, 0.2) is 5.54 Å². The van der Waals surface area contributed by atoms with Crippen LogP contribution < -0.4 is 0 Å². The number of rotatable bonds is 4. The van der Waals surface area contributed by atoms with Crippen molar-refractivity contribution in [2.45, 2.75) is 18.4 Å². The average Bonchev–Trinajstić information content (AvgIpc) is 2.83. The highest BCUT2D eigenvalue weighted by molar-refractivity contribution is 5.98. The number of methoxy groups -OCH3 is 1. The fourth-order valence-corrected chi connectivity index (χ4v) is 2.53. The second kappa shape index (κ2) is 5.54. The van der Waals surface area contributed by atoms with Gasteiger partial charge >= 0.3 is 5.97 Å². The standard InChI is InChI=1S/C13H15FN2O4/c1-20-8-13(12(18)19)3-2-4-16(13)11(17)9-5-10(14)7-15-6-9/h5-7H,2-4,8H2,1H3,(H,18,19). The van der Waals surface area contributed by atoms with Gasteiger partial charge in [0.05, 0.1) is 18.4 Å². The van der Waals surface area contributed by atoms with Crippen molar-refractivity contribution in [1.29, 1.82) is 0 Å². The van der Waals surface area contributed by atoms with Crippen LogP contribution >= 0.6 is 0 Å². The smallest absolute Gasteiger partial charge is 0.332 e. The molecule has 1 amide bonds. The summed E-state index contributed by atoms with van der Waals surface area (Å²) in [4.78, 5) is 28.8. The number of ether oxygens (including phenoxy) is 1. The quantitative estimate of drug-likeness (QED) is 0.888. The second-order valence-corrected chi connectivity index (χ2v) is 4.72. The lowest BCUT2D eigenvalue weighted by molar-refractivity contribution is -0.151. The summed E-state index contributed by atoms with van der Waals surface area (Å²) in [5.74, 6) is -2.30. The zero-order valence-electron chi connectivity index (χ0n) is 11.0. The Morgan fingerprint density at radius 2 is 2.30 bits per heavy atom. The summed E-state index contributed by atoms with van der Waals surface area (Å²) in [6.45, 7) is 0.196. The van der Waals surface area contributed by atoms with Crippen molar-refractivity contribution in [1.82, 2.24) is 9.88 Å². The van der Waals surface area contributed by atoms with Gasteiger partial charge in [0.1, 0.15) is 5.82 Å². The zero-order chi connectivity index (χ0) is 14.8. The number of carboxylic acid groups (broad SMARTS) is 1. The highest BCUT2D eigenvalue weighted by Crippen LogP contribution is 2.31. The van der Waals surface area contributed by atoms with Gasteiger partial charge in [-0.2, -0.15) is 0 Å². The Balaban J connectivity index is 2.34. The van der Waals surface area contributed by atoms with Gasteiger partial charge in [0, 0.05) is 19.9 Å². The molecule has 1 N–H and O–H groups in total. The van der Waals surface area contributed by atoms with E-state index in [1.54, 1.807) is 0 Å².